The molecule has 18 heavy (non-hydrogen) atoms. The van der Waals surface area contributed by atoms with Crippen LogP contribution in [0.2, 0.25) is 0 Å². The second-order valence-corrected chi connectivity index (χ2v) is 4.21. The summed E-state index contributed by atoms with van der Waals surface area (Å²) in [6.07, 6.45) is 0. The second-order valence-electron chi connectivity index (χ2n) is 4.21. The van der Waals surface area contributed by atoms with Gasteiger partial charge in [-0.2, -0.15) is 4.98 Å². The minimum Gasteiger partial charge on any atom is -0.478 e. The summed E-state index contributed by atoms with van der Waals surface area (Å²) in [4.78, 5) is 8.62. The fourth-order valence-corrected chi connectivity index (χ4v) is 1.81. The van der Waals surface area contributed by atoms with Crippen LogP contribution in [0.5, 0.6) is 5.88 Å². The highest BCUT2D eigenvalue weighted by Gasteiger charge is 2.13. The summed E-state index contributed by atoms with van der Waals surface area (Å²) in [6, 6.07) is 2.13. The Hall–Kier alpha value is -1.40. The highest BCUT2D eigenvalue weighted by atomic mass is 16.5. The maximum absolute atomic E-state index is 5.39. The SMILES string of the molecule is CCOc1cc(C)nc(NCC2COCCN2)n1. The molecular formula is C12H20N4O2. The summed E-state index contributed by atoms with van der Waals surface area (Å²) in [6.45, 7) is 7.61. The number of anilines is 1. The molecule has 1 aromatic heterocycles. The van der Waals surface area contributed by atoms with Gasteiger partial charge in [0.15, 0.2) is 0 Å². The average molecular weight is 252 g/mol. The van der Waals surface area contributed by atoms with Gasteiger partial charge in [-0.1, -0.05) is 0 Å². The van der Waals surface area contributed by atoms with Crippen molar-refractivity contribution in [2.24, 2.45) is 0 Å². The molecule has 6 heteroatoms. The smallest absolute Gasteiger partial charge is 0.226 e. The maximum atomic E-state index is 5.39. The predicted octanol–water partition coefficient (Wildman–Crippen LogP) is 0.584. The van der Waals surface area contributed by atoms with E-state index in [2.05, 4.69) is 20.6 Å². The summed E-state index contributed by atoms with van der Waals surface area (Å²) in [7, 11) is 0. The Balaban J connectivity index is 1.91. The molecule has 1 aromatic rings. The quantitative estimate of drug-likeness (QED) is 0.799. The number of rotatable bonds is 5. The Labute approximate surface area is 107 Å². The van der Waals surface area contributed by atoms with Crippen molar-refractivity contribution in [2.45, 2.75) is 19.9 Å². The summed E-state index contributed by atoms with van der Waals surface area (Å²) in [5.41, 5.74) is 0.892. The molecule has 0 spiro atoms. The number of nitrogens with one attached hydrogen (secondary N) is 2. The highest BCUT2D eigenvalue weighted by Crippen LogP contribution is 2.11. The molecule has 2 rings (SSSR count). The van der Waals surface area contributed by atoms with Gasteiger partial charge in [0.25, 0.3) is 0 Å². The van der Waals surface area contributed by atoms with Crippen molar-refractivity contribution < 1.29 is 9.47 Å². The van der Waals surface area contributed by atoms with E-state index in [4.69, 9.17) is 9.47 Å². The molecule has 2 N–H and O–H groups in total. The molecule has 0 saturated carbocycles. The third kappa shape index (κ3) is 3.82. The van der Waals surface area contributed by atoms with E-state index in [1.807, 2.05) is 19.9 Å². The van der Waals surface area contributed by atoms with Crippen molar-refractivity contribution in [3.63, 3.8) is 0 Å². The first-order chi connectivity index (χ1) is 8.78. The van der Waals surface area contributed by atoms with Crippen molar-refractivity contribution in [1.82, 2.24) is 15.3 Å². The van der Waals surface area contributed by atoms with Crippen LogP contribution in [-0.4, -0.2) is 48.9 Å². The zero-order valence-corrected chi connectivity index (χ0v) is 10.9. The molecule has 0 amide bonds. The Bertz CT molecular complexity index is 380. The third-order valence-electron chi connectivity index (χ3n) is 2.63. The molecule has 0 aliphatic carbocycles. The number of hydrogen-bond acceptors (Lipinski definition) is 6. The van der Waals surface area contributed by atoms with E-state index in [1.54, 1.807) is 0 Å². The van der Waals surface area contributed by atoms with Gasteiger partial charge >= 0.3 is 0 Å². The van der Waals surface area contributed by atoms with E-state index in [1.165, 1.54) is 0 Å². The number of nitrogens with zero attached hydrogens (tertiary/aromatic N) is 2. The molecule has 1 fully saturated rings. The van der Waals surface area contributed by atoms with Crippen LogP contribution >= 0.6 is 0 Å². The Kier molecular flexibility index (Phi) is 4.72. The van der Waals surface area contributed by atoms with Crippen molar-refractivity contribution in [1.29, 1.82) is 0 Å². The van der Waals surface area contributed by atoms with Crippen molar-refractivity contribution in [3.05, 3.63) is 11.8 Å². The highest BCUT2D eigenvalue weighted by molar-refractivity contribution is 5.30. The minimum absolute atomic E-state index is 0.304. The van der Waals surface area contributed by atoms with E-state index < -0.39 is 0 Å². The number of morpholine rings is 1. The van der Waals surface area contributed by atoms with Crippen LogP contribution in [0, 0.1) is 6.92 Å². The topological polar surface area (TPSA) is 68.3 Å². The van der Waals surface area contributed by atoms with Gasteiger partial charge in [0.1, 0.15) is 0 Å². The number of hydrogen-bond donors (Lipinski definition) is 2. The van der Waals surface area contributed by atoms with Gasteiger partial charge in [-0.3, -0.25) is 0 Å². The standard InChI is InChI=1S/C12H20N4O2/c1-3-18-11-6-9(2)15-12(16-11)14-7-10-8-17-5-4-13-10/h6,10,13H,3-5,7-8H2,1-2H3,(H,14,15,16). The molecule has 0 bridgehead atoms. The lowest BCUT2D eigenvalue weighted by Crippen LogP contribution is -2.45. The number of aromatic nitrogens is 2. The molecule has 100 valence electrons. The van der Waals surface area contributed by atoms with Gasteiger partial charge in [0.05, 0.1) is 19.8 Å². The maximum Gasteiger partial charge on any atom is 0.226 e. The molecule has 0 radical (unpaired) electrons. The molecule has 0 aromatic carbocycles. The lowest BCUT2D eigenvalue weighted by atomic mass is 10.3. The minimum atomic E-state index is 0.304. The van der Waals surface area contributed by atoms with E-state index in [9.17, 15) is 0 Å². The van der Waals surface area contributed by atoms with Crippen LogP contribution in [0.25, 0.3) is 0 Å². The summed E-state index contributed by atoms with van der Waals surface area (Å²) < 4.78 is 10.8. The van der Waals surface area contributed by atoms with Gasteiger partial charge in [-0.15, -0.1) is 0 Å². The first-order valence-electron chi connectivity index (χ1n) is 6.31. The van der Waals surface area contributed by atoms with E-state index in [0.29, 0.717) is 24.5 Å². The first-order valence-corrected chi connectivity index (χ1v) is 6.31. The third-order valence-corrected chi connectivity index (χ3v) is 2.63. The number of aryl methyl sites for hydroxylation is 1. The van der Waals surface area contributed by atoms with Crippen molar-refractivity contribution in [3.8, 4) is 5.88 Å². The van der Waals surface area contributed by atoms with Gasteiger partial charge in [-0.25, -0.2) is 4.98 Å². The van der Waals surface area contributed by atoms with Gasteiger partial charge in [0, 0.05) is 30.9 Å². The van der Waals surface area contributed by atoms with Crippen molar-refractivity contribution in [2.75, 3.05) is 38.2 Å². The largest absolute Gasteiger partial charge is 0.478 e. The Morgan fingerprint density at radius 2 is 2.44 bits per heavy atom. The summed E-state index contributed by atoms with van der Waals surface area (Å²) in [5.74, 6) is 1.21. The number of ether oxygens (including phenoxy) is 2. The molecule has 1 saturated heterocycles. The lowest BCUT2D eigenvalue weighted by Gasteiger charge is -2.23. The lowest BCUT2D eigenvalue weighted by molar-refractivity contribution is 0.0806. The van der Waals surface area contributed by atoms with E-state index in [-0.39, 0.29) is 0 Å². The normalized spacial score (nSPS) is 19.6. The fourth-order valence-electron chi connectivity index (χ4n) is 1.81. The van der Waals surface area contributed by atoms with Crippen LogP contribution in [-0.2, 0) is 4.74 Å². The van der Waals surface area contributed by atoms with Crippen LogP contribution in [0.4, 0.5) is 5.95 Å². The van der Waals surface area contributed by atoms with Crippen LogP contribution in [0.3, 0.4) is 0 Å². The van der Waals surface area contributed by atoms with Crippen molar-refractivity contribution >= 4 is 5.95 Å². The van der Waals surface area contributed by atoms with Crippen LogP contribution in [0.15, 0.2) is 6.07 Å². The molecule has 1 aliphatic rings. The monoisotopic (exact) mass is 252 g/mol. The van der Waals surface area contributed by atoms with E-state index in [0.717, 1.165) is 32.0 Å². The summed E-state index contributed by atoms with van der Waals surface area (Å²) in [5, 5.41) is 6.58. The Morgan fingerprint density at radius 3 is 3.17 bits per heavy atom. The van der Waals surface area contributed by atoms with Crippen LogP contribution in [0.1, 0.15) is 12.6 Å². The molecule has 1 atom stereocenters. The van der Waals surface area contributed by atoms with Gasteiger partial charge in [0.2, 0.25) is 11.8 Å². The molecular weight excluding hydrogens is 232 g/mol. The van der Waals surface area contributed by atoms with Crippen LogP contribution < -0.4 is 15.4 Å². The van der Waals surface area contributed by atoms with E-state index >= 15 is 0 Å². The zero-order valence-electron chi connectivity index (χ0n) is 10.9. The van der Waals surface area contributed by atoms with Gasteiger partial charge in [-0.05, 0) is 13.8 Å². The fraction of sp³-hybridized carbons (Fsp3) is 0.667. The Morgan fingerprint density at radius 1 is 1.56 bits per heavy atom. The molecule has 1 aliphatic heterocycles. The zero-order chi connectivity index (χ0) is 12.8. The average Bonchev–Trinajstić information content (AvgIpc) is 2.37. The molecule has 6 nitrogen and oxygen atoms in total. The predicted molar refractivity (Wildman–Crippen MR) is 69.0 cm³/mol. The second kappa shape index (κ2) is 6.51. The first kappa shape index (κ1) is 13.0. The molecule has 2 heterocycles. The summed E-state index contributed by atoms with van der Waals surface area (Å²) >= 11 is 0. The van der Waals surface area contributed by atoms with Gasteiger partial charge < -0.3 is 20.1 Å². The molecule has 1 unspecified atom stereocenters.